The predicted molar refractivity (Wildman–Crippen MR) is 53.6 cm³/mol. The van der Waals surface area contributed by atoms with Crippen molar-refractivity contribution in [2.24, 2.45) is 0 Å². The van der Waals surface area contributed by atoms with Gasteiger partial charge in [-0.3, -0.25) is 4.79 Å². The van der Waals surface area contributed by atoms with Crippen LogP contribution in [0.4, 0.5) is 0 Å². The van der Waals surface area contributed by atoms with E-state index < -0.39 is 9.84 Å². The molecule has 0 aliphatic heterocycles. The van der Waals surface area contributed by atoms with Crippen LogP contribution in [0.5, 0.6) is 0 Å². The van der Waals surface area contributed by atoms with E-state index in [0.29, 0.717) is 6.29 Å². The van der Waals surface area contributed by atoms with E-state index in [1.807, 2.05) is 6.92 Å². The van der Waals surface area contributed by atoms with E-state index in [1.165, 1.54) is 12.1 Å². The Morgan fingerprint density at radius 2 is 1.71 bits per heavy atom. The Morgan fingerprint density at radius 3 is 2.21 bits per heavy atom. The molecule has 0 amide bonds. The van der Waals surface area contributed by atoms with Gasteiger partial charge in [-0.05, 0) is 25.1 Å². The molecule has 0 aromatic heterocycles. The minimum atomic E-state index is -3.45. The van der Waals surface area contributed by atoms with Gasteiger partial charge in [0.15, 0.2) is 9.84 Å². The van der Waals surface area contributed by atoms with Crippen molar-refractivity contribution >= 4 is 16.1 Å². The van der Waals surface area contributed by atoms with Gasteiger partial charge in [-0.15, -0.1) is 0 Å². The molecule has 0 spiro atoms. The van der Waals surface area contributed by atoms with Crippen molar-refractivity contribution in [3.05, 3.63) is 41.3 Å². The Morgan fingerprint density at radius 1 is 1.14 bits per heavy atom. The SMILES string of the molecule is Cc1ccc(S(=O)(=O)C=CC=O)cc1. The summed E-state index contributed by atoms with van der Waals surface area (Å²) in [6.07, 6.45) is 1.40. The standard InChI is InChI=1S/C10H10O3S/c1-9-3-5-10(6-4-9)14(12,13)8-2-7-11/h2-8H,1H3. The lowest BCUT2D eigenvalue weighted by molar-refractivity contribution is -0.104. The van der Waals surface area contributed by atoms with Crippen molar-refractivity contribution in [1.29, 1.82) is 0 Å². The minimum Gasteiger partial charge on any atom is -0.299 e. The Hall–Kier alpha value is -1.42. The van der Waals surface area contributed by atoms with Crippen LogP contribution in [0.3, 0.4) is 0 Å². The third kappa shape index (κ3) is 2.53. The number of sulfone groups is 1. The van der Waals surface area contributed by atoms with Gasteiger partial charge in [-0.25, -0.2) is 8.42 Å². The quantitative estimate of drug-likeness (QED) is 0.561. The summed E-state index contributed by atoms with van der Waals surface area (Å²) in [5, 5.41) is 0.894. The number of carbonyl (C=O) groups excluding carboxylic acids is 1. The third-order valence-electron chi connectivity index (χ3n) is 1.69. The monoisotopic (exact) mass is 210 g/mol. The molecular weight excluding hydrogens is 200 g/mol. The van der Waals surface area contributed by atoms with E-state index in [9.17, 15) is 13.2 Å². The summed E-state index contributed by atoms with van der Waals surface area (Å²) in [5.41, 5.74) is 0.989. The largest absolute Gasteiger partial charge is 0.299 e. The van der Waals surface area contributed by atoms with Crippen LogP contribution in [0.15, 0.2) is 40.6 Å². The van der Waals surface area contributed by atoms with Crippen LogP contribution in [0.25, 0.3) is 0 Å². The van der Waals surface area contributed by atoms with Crippen LogP contribution in [0, 0.1) is 6.92 Å². The zero-order valence-electron chi connectivity index (χ0n) is 7.67. The molecular formula is C10H10O3S. The fourth-order valence-electron chi connectivity index (χ4n) is 0.942. The van der Waals surface area contributed by atoms with E-state index >= 15 is 0 Å². The molecule has 1 aromatic carbocycles. The Labute approximate surface area is 83.0 Å². The van der Waals surface area contributed by atoms with Crippen molar-refractivity contribution in [2.75, 3.05) is 0 Å². The van der Waals surface area contributed by atoms with E-state index in [2.05, 4.69) is 0 Å². The normalized spacial score (nSPS) is 11.8. The average molecular weight is 210 g/mol. The maximum atomic E-state index is 11.5. The summed E-state index contributed by atoms with van der Waals surface area (Å²) >= 11 is 0. The van der Waals surface area contributed by atoms with E-state index in [-0.39, 0.29) is 4.90 Å². The van der Waals surface area contributed by atoms with Gasteiger partial charge in [-0.1, -0.05) is 17.7 Å². The zero-order chi connectivity index (χ0) is 10.6. The summed E-state index contributed by atoms with van der Waals surface area (Å²) in [7, 11) is -3.45. The first kappa shape index (κ1) is 10.7. The molecule has 14 heavy (non-hydrogen) atoms. The van der Waals surface area contributed by atoms with Crippen molar-refractivity contribution in [3.8, 4) is 0 Å². The summed E-state index contributed by atoms with van der Waals surface area (Å²) in [6.45, 7) is 1.87. The van der Waals surface area contributed by atoms with Crippen molar-refractivity contribution < 1.29 is 13.2 Å². The smallest absolute Gasteiger partial charge is 0.199 e. The molecule has 0 unspecified atom stereocenters. The van der Waals surface area contributed by atoms with Crippen LogP contribution < -0.4 is 0 Å². The summed E-state index contributed by atoms with van der Waals surface area (Å²) in [4.78, 5) is 10.2. The number of allylic oxidation sites excluding steroid dienone is 1. The molecule has 0 bridgehead atoms. The molecule has 0 N–H and O–H groups in total. The Bertz CT molecular complexity index is 441. The van der Waals surface area contributed by atoms with Gasteiger partial charge in [0.1, 0.15) is 6.29 Å². The molecule has 1 aromatic rings. The lowest BCUT2D eigenvalue weighted by Gasteiger charge is -1.98. The topological polar surface area (TPSA) is 51.2 Å². The first-order valence-electron chi connectivity index (χ1n) is 4.00. The lowest BCUT2D eigenvalue weighted by atomic mass is 10.2. The first-order valence-corrected chi connectivity index (χ1v) is 5.54. The second-order valence-corrected chi connectivity index (χ2v) is 4.66. The maximum Gasteiger partial charge on any atom is 0.199 e. The lowest BCUT2D eigenvalue weighted by Crippen LogP contribution is -1.95. The summed E-state index contributed by atoms with van der Waals surface area (Å²) in [6, 6.07) is 6.45. The highest BCUT2D eigenvalue weighted by atomic mass is 32.2. The number of benzene rings is 1. The second-order valence-electron chi connectivity index (χ2n) is 2.82. The van der Waals surface area contributed by atoms with Crippen LogP contribution in [-0.4, -0.2) is 14.7 Å². The van der Waals surface area contributed by atoms with Crippen LogP contribution in [0.1, 0.15) is 5.56 Å². The Kier molecular flexibility index (Phi) is 3.19. The number of aldehydes is 1. The fourth-order valence-corrected chi connectivity index (χ4v) is 1.89. The highest BCUT2D eigenvalue weighted by Gasteiger charge is 2.08. The minimum absolute atomic E-state index is 0.196. The molecule has 0 saturated carbocycles. The zero-order valence-corrected chi connectivity index (χ0v) is 8.49. The molecule has 0 atom stereocenters. The van der Waals surface area contributed by atoms with E-state index in [0.717, 1.165) is 17.0 Å². The van der Waals surface area contributed by atoms with E-state index in [1.54, 1.807) is 12.1 Å². The molecule has 0 radical (unpaired) electrons. The van der Waals surface area contributed by atoms with Crippen LogP contribution >= 0.6 is 0 Å². The van der Waals surface area contributed by atoms with Crippen molar-refractivity contribution in [1.82, 2.24) is 0 Å². The molecule has 1 rings (SSSR count). The highest BCUT2D eigenvalue weighted by molar-refractivity contribution is 7.94. The molecule has 3 nitrogen and oxygen atoms in total. The molecule has 0 aliphatic rings. The van der Waals surface area contributed by atoms with Crippen LogP contribution in [-0.2, 0) is 14.6 Å². The number of carbonyl (C=O) groups is 1. The summed E-state index contributed by atoms with van der Waals surface area (Å²) < 4.78 is 22.9. The van der Waals surface area contributed by atoms with Crippen LogP contribution in [0.2, 0.25) is 0 Å². The Balaban J connectivity index is 3.11. The van der Waals surface area contributed by atoms with Crippen molar-refractivity contribution in [2.45, 2.75) is 11.8 Å². The number of hydrogen-bond donors (Lipinski definition) is 0. The molecule has 0 fully saturated rings. The van der Waals surface area contributed by atoms with Gasteiger partial charge in [0, 0.05) is 5.41 Å². The molecule has 4 heteroatoms. The maximum absolute atomic E-state index is 11.5. The van der Waals surface area contributed by atoms with Gasteiger partial charge < -0.3 is 0 Å². The van der Waals surface area contributed by atoms with Crippen molar-refractivity contribution in [3.63, 3.8) is 0 Å². The van der Waals surface area contributed by atoms with Gasteiger partial charge >= 0.3 is 0 Å². The molecule has 74 valence electrons. The summed E-state index contributed by atoms with van der Waals surface area (Å²) in [5.74, 6) is 0. The van der Waals surface area contributed by atoms with E-state index in [4.69, 9.17) is 0 Å². The molecule has 0 saturated heterocycles. The third-order valence-corrected chi connectivity index (χ3v) is 3.13. The van der Waals surface area contributed by atoms with Gasteiger partial charge in [0.05, 0.1) is 4.90 Å². The molecule has 0 heterocycles. The predicted octanol–water partition coefficient (Wildman–Crippen LogP) is 1.48. The first-order chi connectivity index (χ1) is 6.56. The second kappa shape index (κ2) is 4.19. The number of aryl methyl sites for hydroxylation is 1. The fraction of sp³-hybridized carbons (Fsp3) is 0.100. The van der Waals surface area contributed by atoms with Gasteiger partial charge in [0.2, 0.25) is 0 Å². The highest BCUT2D eigenvalue weighted by Crippen LogP contribution is 2.12. The number of rotatable bonds is 3. The molecule has 0 aliphatic carbocycles. The number of hydrogen-bond acceptors (Lipinski definition) is 3. The van der Waals surface area contributed by atoms with Gasteiger partial charge in [0.25, 0.3) is 0 Å². The van der Waals surface area contributed by atoms with Gasteiger partial charge in [-0.2, -0.15) is 0 Å². The average Bonchev–Trinajstić information content (AvgIpc) is 2.16.